The Kier molecular flexibility index (Phi) is 3.19. The summed E-state index contributed by atoms with van der Waals surface area (Å²) >= 11 is 2.98. The summed E-state index contributed by atoms with van der Waals surface area (Å²) in [5, 5.41) is 8.86. The van der Waals surface area contributed by atoms with Crippen molar-refractivity contribution in [3.63, 3.8) is 0 Å². The van der Waals surface area contributed by atoms with Gasteiger partial charge in [0.25, 0.3) is 0 Å². The highest BCUT2D eigenvalue weighted by Crippen LogP contribution is 2.17. The summed E-state index contributed by atoms with van der Waals surface area (Å²) in [6.07, 6.45) is 1.56. The van der Waals surface area contributed by atoms with Crippen molar-refractivity contribution in [3.8, 4) is 0 Å². The van der Waals surface area contributed by atoms with Gasteiger partial charge in [-0.25, -0.2) is 4.39 Å². The summed E-state index contributed by atoms with van der Waals surface area (Å²) in [7, 11) is 0. The van der Waals surface area contributed by atoms with E-state index in [1.54, 1.807) is 0 Å². The van der Waals surface area contributed by atoms with Crippen molar-refractivity contribution in [1.82, 2.24) is 0 Å². The fourth-order valence-corrected chi connectivity index (χ4v) is 1.20. The highest BCUT2D eigenvalue weighted by atomic mass is 79.9. The highest BCUT2D eigenvalue weighted by molar-refractivity contribution is 9.10. The van der Waals surface area contributed by atoms with Gasteiger partial charge in [-0.1, -0.05) is 6.07 Å². The van der Waals surface area contributed by atoms with Crippen molar-refractivity contribution in [2.75, 3.05) is 0 Å². The van der Waals surface area contributed by atoms with Crippen LogP contribution in [-0.2, 0) is 4.79 Å². The molecular formula is C9H6BrFO2. The molecule has 68 valence electrons. The number of aliphatic hydroxyl groups excluding tert-OH is 1. The number of carbonyl (C=O) groups excluding carboxylic acids is 1. The lowest BCUT2D eigenvalue weighted by Gasteiger charge is -1.96. The molecule has 4 heteroatoms. The summed E-state index contributed by atoms with van der Waals surface area (Å²) in [5.74, 6) is -0.777. The molecule has 0 aliphatic carbocycles. The van der Waals surface area contributed by atoms with Crippen LogP contribution in [-0.4, -0.2) is 11.4 Å². The van der Waals surface area contributed by atoms with Gasteiger partial charge in [0.1, 0.15) is 5.82 Å². The zero-order valence-electron chi connectivity index (χ0n) is 6.50. The van der Waals surface area contributed by atoms with Gasteiger partial charge in [-0.2, -0.15) is 0 Å². The lowest BCUT2D eigenvalue weighted by atomic mass is 10.2. The van der Waals surface area contributed by atoms with Crippen molar-refractivity contribution < 1.29 is 14.3 Å². The van der Waals surface area contributed by atoms with Gasteiger partial charge in [0.05, 0.1) is 4.47 Å². The van der Waals surface area contributed by atoms with Gasteiger partial charge in [-0.15, -0.1) is 0 Å². The standard InChI is InChI=1S/C9H6BrFO2/c10-8-4-6(1-2-9(8)11)3-7(13)5-12/h1-5,13H/b7-3+. The molecule has 1 aromatic rings. The molecule has 0 aliphatic rings. The molecule has 13 heavy (non-hydrogen) atoms. The van der Waals surface area contributed by atoms with Crippen LogP contribution in [0.15, 0.2) is 28.4 Å². The van der Waals surface area contributed by atoms with E-state index in [4.69, 9.17) is 5.11 Å². The summed E-state index contributed by atoms with van der Waals surface area (Å²) in [5.41, 5.74) is 0.554. The zero-order chi connectivity index (χ0) is 9.84. The topological polar surface area (TPSA) is 37.3 Å². The first-order valence-electron chi connectivity index (χ1n) is 3.44. The van der Waals surface area contributed by atoms with Crippen molar-refractivity contribution in [3.05, 3.63) is 39.8 Å². The molecule has 0 aliphatic heterocycles. The van der Waals surface area contributed by atoms with Crippen molar-refractivity contribution >= 4 is 28.3 Å². The van der Waals surface area contributed by atoms with Crippen LogP contribution in [0.5, 0.6) is 0 Å². The Balaban J connectivity index is 3.04. The van der Waals surface area contributed by atoms with Gasteiger partial charge in [0.2, 0.25) is 0 Å². The van der Waals surface area contributed by atoms with E-state index >= 15 is 0 Å². The average molecular weight is 245 g/mol. The molecule has 0 fully saturated rings. The van der Waals surface area contributed by atoms with E-state index in [9.17, 15) is 9.18 Å². The Labute approximate surface area is 82.8 Å². The average Bonchev–Trinajstić information content (AvgIpc) is 2.11. The SMILES string of the molecule is O=C/C(O)=C\c1ccc(F)c(Br)c1. The number of benzene rings is 1. The molecule has 2 nitrogen and oxygen atoms in total. The summed E-state index contributed by atoms with van der Waals surface area (Å²) in [4.78, 5) is 10.1. The number of aldehydes is 1. The largest absolute Gasteiger partial charge is 0.505 e. The quantitative estimate of drug-likeness (QED) is 0.494. The second-order valence-electron chi connectivity index (χ2n) is 2.36. The van der Waals surface area contributed by atoms with Gasteiger partial charge in [-0.3, -0.25) is 4.79 Å². The first kappa shape index (κ1) is 9.92. The molecule has 1 N–H and O–H groups in total. The molecule has 0 radical (unpaired) electrons. The Bertz CT molecular complexity index is 361. The summed E-state index contributed by atoms with van der Waals surface area (Å²) < 4.78 is 13.0. The lowest BCUT2D eigenvalue weighted by Crippen LogP contribution is -1.83. The van der Waals surface area contributed by atoms with Crippen LogP contribution in [0.25, 0.3) is 6.08 Å². The van der Waals surface area contributed by atoms with Crippen LogP contribution >= 0.6 is 15.9 Å². The second-order valence-corrected chi connectivity index (χ2v) is 3.21. The van der Waals surface area contributed by atoms with Gasteiger partial charge >= 0.3 is 0 Å². The van der Waals surface area contributed by atoms with Gasteiger partial charge < -0.3 is 5.11 Å². The zero-order valence-corrected chi connectivity index (χ0v) is 8.08. The van der Waals surface area contributed by atoms with Crippen LogP contribution in [0.3, 0.4) is 0 Å². The van der Waals surface area contributed by atoms with Crippen LogP contribution in [0.1, 0.15) is 5.56 Å². The van der Waals surface area contributed by atoms with Gasteiger partial charge in [-0.05, 0) is 39.7 Å². The summed E-state index contributed by atoms with van der Waals surface area (Å²) in [6.45, 7) is 0. The summed E-state index contributed by atoms with van der Waals surface area (Å²) in [6, 6.07) is 4.17. The van der Waals surface area contributed by atoms with E-state index in [2.05, 4.69) is 15.9 Å². The molecule has 1 aromatic carbocycles. The maximum atomic E-state index is 12.7. The normalized spacial score (nSPS) is 11.4. The molecule has 0 saturated heterocycles. The molecule has 0 bridgehead atoms. The lowest BCUT2D eigenvalue weighted by molar-refractivity contribution is -0.106. The van der Waals surface area contributed by atoms with E-state index in [1.165, 1.54) is 24.3 Å². The Hall–Kier alpha value is -1.16. The third-order valence-corrected chi connectivity index (χ3v) is 1.99. The smallest absolute Gasteiger partial charge is 0.184 e. The molecular weight excluding hydrogens is 239 g/mol. The highest BCUT2D eigenvalue weighted by Gasteiger charge is 1.99. The minimum Gasteiger partial charge on any atom is -0.505 e. The first-order chi connectivity index (χ1) is 6.13. The number of rotatable bonds is 2. The first-order valence-corrected chi connectivity index (χ1v) is 4.23. The Morgan fingerprint density at radius 3 is 2.77 bits per heavy atom. The maximum absolute atomic E-state index is 12.7. The Morgan fingerprint density at radius 2 is 2.23 bits per heavy atom. The van der Waals surface area contributed by atoms with Crippen LogP contribution < -0.4 is 0 Å². The number of aliphatic hydroxyl groups is 1. The third kappa shape index (κ3) is 2.66. The van der Waals surface area contributed by atoms with Crippen molar-refractivity contribution in [1.29, 1.82) is 0 Å². The number of allylic oxidation sites excluding steroid dienone is 1. The fraction of sp³-hybridized carbons (Fsp3) is 0. The number of hydrogen-bond donors (Lipinski definition) is 1. The predicted octanol–water partition coefficient (Wildman–Crippen LogP) is 2.69. The van der Waals surface area contributed by atoms with E-state index < -0.39 is 5.76 Å². The minimum atomic E-state index is -0.390. The molecule has 0 atom stereocenters. The van der Waals surface area contributed by atoms with Crippen LogP contribution in [0.2, 0.25) is 0 Å². The maximum Gasteiger partial charge on any atom is 0.184 e. The minimum absolute atomic E-state index is 0.292. The monoisotopic (exact) mass is 244 g/mol. The van der Waals surface area contributed by atoms with Crippen LogP contribution in [0, 0.1) is 5.82 Å². The molecule has 0 heterocycles. The van der Waals surface area contributed by atoms with Gasteiger partial charge in [0.15, 0.2) is 12.0 Å². The van der Waals surface area contributed by atoms with Gasteiger partial charge in [0, 0.05) is 0 Å². The van der Waals surface area contributed by atoms with E-state index in [1.807, 2.05) is 0 Å². The molecule has 0 aromatic heterocycles. The number of hydrogen-bond acceptors (Lipinski definition) is 2. The third-order valence-electron chi connectivity index (χ3n) is 1.38. The van der Waals surface area contributed by atoms with E-state index in [0.29, 0.717) is 16.3 Å². The van der Waals surface area contributed by atoms with E-state index in [0.717, 1.165) is 0 Å². The number of halogens is 2. The predicted molar refractivity (Wildman–Crippen MR) is 50.8 cm³/mol. The second kappa shape index (κ2) is 4.18. The van der Waals surface area contributed by atoms with Crippen molar-refractivity contribution in [2.45, 2.75) is 0 Å². The molecule has 0 saturated carbocycles. The molecule has 0 unspecified atom stereocenters. The van der Waals surface area contributed by atoms with E-state index in [-0.39, 0.29) is 5.82 Å². The molecule has 1 rings (SSSR count). The molecule has 0 amide bonds. The number of carbonyl (C=O) groups is 1. The van der Waals surface area contributed by atoms with Crippen molar-refractivity contribution in [2.24, 2.45) is 0 Å². The van der Waals surface area contributed by atoms with Crippen LogP contribution in [0.4, 0.5) is 4.39 Å². The molecule has 0 spiro atoms. The Morgan fingerprint density at radius 1 is 1.54 bits per heavy atom. The fourth-order valence-electron chi connectivity index (χ4n) is 0.807.